The van der Waals surface area contributed by atoms with Crippen molar-refractivity contribution in [3.8, 4) is 11.1 Å². The molecular formula is C18H18N4O2S. The quantitative estimate of drug-likeness (QED) is 0.536. The van der Waals surface area contributed by atoms with E-state index in [4.69, 9.17) is 4.98 Å². The van der Waals surface area contributed by atoms with E-state index in [1.807, 2.05) is 12.1 Å². The first-order valence-electron chi connectivity index (χ1n) is 8.48. The Balaban J connectivity index is 1.88. The van der Waals surface area contributed by atoms with Crippen LogP contribution in [-0.4, -0.2) is 21.4 Å². The number of benzene rings is 1. The maximum Gasteiger partial charge on any atom is 0.269 e. The highest BCUT2D eigenvalue weighted by molar-refractivity contribution is 7.22. The highest BCUT2D eigenvalue weighted by atomic mass is 32.1. The van der Waals surface area contributed by atoms with E-state index in [2.05, 4.69) is 17.2 Å². The normalized spacial score (nSPS) is 13.2. The van der Waals surface area contributed by atoms with Crippen molar-refractivity contribution >= 4 is 32.5 Å². The van der Waals surface area contributed by atoms with Gasteiger partial charge in [-0.25, -0.2) is 9.97 Å². The highest BCUT2D eigenvalue weighted by Crippen LogP contribution is 2.41. The van der Waals surface area contributed by atoms with Gasteiger partial charge in [-0.1, -0.05) is 18.3 Å². The molecular weight excluding hydrogens is 336 g/mol. The summed E-state index contributed by atoms with van der Waals surface area (Å²) in [7, 11) is 0. The zero-order valence-corrected chi connectivity index (χ0v) is 14.7. The first-order valence-corrected chi connectivity index (χ1v) is 9.30. The van der Waals surface area contributed by atoms with Crippen LogP contribution in [0.1, 0.15) is 31.0 Å². The fourth-order valence-corrected chi connectivity index (χ4v) is 4.32. The molecule has 2 heterocycles. The second-order valence-corrected chi connectivity index (χ2v) is 7.17. The molecule has 7 heteroatoms. The smallest absolute Gasteiger partial charge is 0.269 e. The Hall–Kier alpha value is -2.54. The molecule has 0 fully saturated rings. The van der Waals surface area contributed by atoms with Crippen LogP contribution in [0.25, 0.3) is 21.5 Å². The van der Waals surface area contributed by atoms with Crippen LogP contribution in [-0.2, 0) is 12.8 Å². The van der Waals surface area contributed by atoms with Crippen molar-refractivity contribution in [2.24, 2.45) is 0 Å². The number of anilines is 1. The van der Waals surface area contributed by atoms with Crippen molar-refractivity contribution in [1.82, 2.24) is 9.97 Å². The summed E-state index contributed by atoms with van der Waals surface area (Å²) >= 11 is 1.62. The maximum atomic E-state index is 10.9. The van der Waals surface area contributed by atoms with Gasteiger partial charge < -0.3 is 5.32 Å². The molecule has 0 amide bonds. The molecule has 6 nitrogen and oxygen atoms in total. The second-order valence-electron chi connectivity index (χ2n) is 6.17. The van der Waals surface area contributed by atoms with Crippen LogP contribution < -0.4 is 5.32 Å². The number of nitro benzene ring substituents is 1. The zero-order chi connectivity index (χ0) is 17.4. The molecule has 25 heavy (non-hydrogen) atoms. The van der Waals surface area contributed by atoms with E-state index in [-0.39, 0.29) is 10.6 Å². The SMILES string of the molecule is CCCNc1nc2nc3c(c(-c4ccc([N+](=O)[O-])cc4)c2s1)CCC3. The third-order valence-electron chi connectivity index (χ3n) is 4.46. The minimum absolute atomic E-state index is 0.111. The number of aryl methyl sites for hydroxylation is 1. The molecule has 0 aliphatic heterocycles. The largest absolute Gasteiger partial charge is 0.361 e. The van der Waals surface area contributed by atoms with Crippen molar-refractivity contribution < 1.29 is 4.92 Å². The second kappa shape index (κ2) is 6.40. The minimum atomic E-state index is -0.365. The van der Waals surface area contributed by atoms with E-state index >= 15 is 0 Å². The summed E-state index contributed by atoms with van der Waals surface area (Å²) in [5.41, 5.74) is 5.43. The molecule has 128 valence electrons. The van der Waals surface area contributed by atoms with Crippen LogP contribution >= 0.6 is 11.3 Å². The fraction of sp³-hybridized carbons (Fsp3) is 0.333. The van der Waals surface area contributed by atoms with Crippen LogP contribution in [0.2, 0.25) is 0 Å². The van der Waals surface area contributed by atoms with Crippen molar-refractivity contribution in [3.05, 3.63) is 45.6 Å². The Bertz CT molecular complexity index is 950. The molecule has 2 aromatic heterocycles. The zero-order valence-electron chi connectivity index (χ0n) is 13.9. The molecule has 0 bridgehead atoms. The van der Waals surface area contributed by atoms with Gasteiger partial charge in [0.1, 0.15) is 0 Å². The number of nitrogens with zero attached hydrogens (tertiary/aromatic N) is 3. The molecule has 1 aliphatic rings. The molecule has 0 atom stereocenters. The van der Waals surface area contributed by atoms with Gasteiger partial charge in [0.05, 0.1) is 9.62 Å². The summed E-state index contributed by atoms with van der Waals surface area (Å²) < 4.78 is 1.06. The van der Waals surface area contributed by atoms with Crippen molar-refractivity contribution in [1.29, 1.82) is 0 Å². The molecule has 0 radical (unpaired) electrons. The van der Waals surface area contributed by atoms with Crippen molar-refractivity contribution in [3.63, 3.8) is 0 Å². The van der Waals surface area contributed by atoms with Gasteiger partial charge >= 0.3 is 0 Å². The van der Waals surface area contributed by atoms with E-state index in [0.29, 0.717) is 0 Å². The van der Waals surface area contributed by atoms with Gasteiger partial charge in [0, 0.05) is 29.9 Å². The molecule has 4 rings (SSSR count). The Morgan fingerprint density at radius 3 is 2.76 bits per heavy atom. The number of hydrogen-bond acceptors (Lipinski definition) is 6. The third-order valence-corrected chi connectivity index (χ3v) is 5.48. The fourth-order valence-electron chi connectivity index (χ4n) is 3.30. The summed E-state index contributed by atoms with van der Waals surface area (Å²) in [5.74, 6) is 0. The van der Waals surface area contributed by atoms with E-state index in [1.54, 1.807) is 23.5 Å². The molecule has 0 spiro atoms. The number of rotatable bonds is 5. The van der Waals surface area contributed by atoms with Gasteiger partial charge in [-0.05, 0) is 48.9 Å². The lowest BCUT2D eigenvalue weighted by Gasteiger charge is -2.09. The summed E-state index contributed by atoms with van der Waals surface area (Å²) in [5, 5.41) is 15.2. The Morgan fingerprint density at radius 2 is 2.04 bits per heavy atom. The van der Waals surface area contributed by atoms with Crippen LogP contribution in [0.3, 0.4) is 0 Å². The third kappa shape index (κ3) is 2.84. The van der Waals surface area contributed by atoms with Gasteiger partial charge in [-0.2, -0.15) is 0 Å². The number of nitrogens with one attached hydrogen (secondary N) is 1. The standard InChI is InChI=1S/C18H18N4O2S/c1-2-10-19-18-21-17-16(25-18)15(13-4-3-5-14(13)20-17)11-6-8-12(9-7-11)22(23)24/h6-9H,2-5,10H2,1H3,(H,19,20,21). The first-order chi connectivity index (χ1) is 12.2. The molecule has 1 N–H and O–H groups in total. The molecule has 0 saturated carbocycles. The first kappa shape index (κ1) is 16.0. The average Bonchev–Trinajstić information content (AvgIpc) is 3.23. The molecule has 0 unspecified atom stereocenters. The average molecular weight is 354 g/mol. The van der Waals surface area contributed by atoms with Crippen LogP contribution in [0.4, 0.5) is 10.8 Å². The lowest BCUT2D eigenvalue weighted by molar-refractivity contribution is -0.384. The molecule has 1 aliphatic carbocycles. The van der Waals surface area contributed by atoms with E-state index in [1.165, 1.54) is 5.56 Å². The van der Waals surface area contributed by atoms with Gasteiger partial charge in [-0.15, -0.1) is 0 Å². The van der Waals surface area contributed by atoms with E-state index in [0.717, 1.165) is 64.5 Å². The predicted molar refractivity (Wildman–Crippen MR) is 100 cm³/mol. The maximum absolute atomic E-state index is 10.9. The summed E-state index contributed by atoms with van der Waals surface area (Å²) in [6.45, 7) is 3.00. The van der Waals surface area contributed by atoms with Crippen LogP contribution in [0, 0.1) is 10.1 Å². The number of thiazole rings is 1. The molecule has 3 aromatic rings. The molecule has 1 aromatic carbocycles. The van der Waals surface area contributed by atoms with Gasteiger partial charge in [0.25, 0.3) is 5.69 Å². The summed E-state index contributed by atoms with van der Waals surface area (Å²) in [4.78, 5) is 20.0. The monoisotopic (exact) mass is 354 g/mol. The minimum Gasteiger partial charge on any atom is -0.361 e. The Labute approximate surface area is 149 Å². The summed E-state index contributed by atoms with van der Waals surface area (Å²) in [6.07, 6.45) is 4.11. The highest BCUT2D eigenvalue weighted by Gasteiger charge is 2.23. The van der Waals surface area contributed by atoms with Crippen molar-refractivity contribution in [2.75, 3.05) is 11.9 Å². The Morgan fingerprint density at radius 1 is 1.24 bits per heavy atom. The van der Waals surface area contributed by atoms with Crippen molar-refractivity contribution in [2.45, 2.75) is 32.6 Å². The van der Waals surface area contributed by atoms with E-state index in [9.17, 15) is 10.1 Å². The van der Waals surface area contributed by atoms with Crippen LogP contribution in [0.5, 0.6) is 0 Å². The topological polar surface area (TPSA) is 81.0 Å². The van der Waals surface area contributed by atoms with Gasteiger partial charge in [0.2, 0.25) is 0 Å². The van der Waals surface area contributed by atoms with Gasteiger partial charge in [0.15, 0.2) is 10.8 Å². The Kier molecular flexibility index (Phi) is 4.09. The number of fused-ring (bicyclic) bond motifs is 2. The summed E-state index contributed by atoms with van der Waals surface area (Å²) in [6, 6.07) is 6.81. The number of hydrogen-bond donors (Lipinski definition) is 1. The number of non-ortho nitro benzene ring substituents is 1. The molecule has 0 saturated heterocycles. The number of aromatic nitrogens is 2. The lowest BCUT2D eigenvalue weighted by Crippen LogP contribution is -1.98. The number of nitro groups is 1. The lowest BCUT2D eigenvalue weighted by atomic mass is 9.99. The van der Waals surface area contributed by atoms with E-state index < -0.39 is 0 Å². The predicted octanol–water partition coefficient (Wildman–Crippen LogP) is 4.58. The number of pyridine rings is 1. The van der Waals surface area contributed by atoms with Crippen LogP contribution in [0.15, 0.2) is 24.3 Å². The van der Waals surface area contributed by atoms with Gasteiger partial charge in [-0.3, -0.25) is 10.1 Å².